The summed E-state index contributed by atoms with van der Waals surface area (Å²) >= 11 is 0. The molecule has 176 valence electrons. The third kappa shape index (κ3) is 5.36. The van der Waals surface area contributed by atoms with E-state index in [1.165, 1.54) is 11.1 Å². The molecular weight excluding hydrogens is 424 g/mol. The van der Waals surface area contributed by atoms with Crippen molar-refractivity contribution in [2.45, 2.75) is 46.7 Å². The van der Waals surface area contributed by atoms with Crippen LogP contribution in [0, 0.1) is 13.8 Å². The van der Waals surface area contributed by atoms with Gasteiger partial charge in [0.25, 0.3) is 5.56 Å². The minimum atomic E-state index is -0.104. The maximum atomic E-state index is 13.2. The minimum absolute atomic E-state index is 0.104. The molecular formula is C27H32N6O. The second kappa shape index (κ2) is 10.8. The molecule has 0 amide bonds. The van der Waals surface area contributed by atoms with Crippen molar-refractivity contribution in [3.8, 4) is 0 Å². The van der Waals surface area contributed by atoms with E-state index in [-0.39, 0.29) is 5.56 Å². The Morgan fingerprint density at radius 1 is 1.09 bits per heavy atom. The highest BCUT2D eigenvalue weighted by Gasteiger charge is 2.11. The number of rotatable bonds is 10. The van der Waals surface area contributed by atoms with E-state index < -0.39 is 0 Å². The van der Waals surface area contributed by atoms with Gasteiger partial charge in [-0.15, -0.1) is 0 Å². The number of benzene rings is 1. The van der Waals surface area contributed by atoms with Gasteiger partial charge in [0.1, 0.15) is 5.65 Å². The number of nitrogens with zero attached hydrogens (tertiary/aromatic N) is 4. The molecule has 3 heterocycles. The van der Waals surface area contributed by atoms with Gasteiger partial charge < -0.3 is 19.6 Å². The van der Waals surface area contributed by atoms with Gasteiger partial charge in [-0.05, 0) is 43.9 Å². The normalized spacial score (nSPS) is 11.7. The first-order valence-electron chi connectivity index (χ1n) is 11.8. The van der Waals surface area contributed by atoms with Crippen LogP contribution in [-0.4, -0.2) is 25.5 Å². The van der Waals surface area contributed by atoms with Gasteiger partial charge in [0.2, 0.25) is 0 Å². The van der Waals surface area contributed by atoms with Gasteiger partial charge in [-0.3, -0.25) is 4.79 Å². The molecule has 0 saturated carbocycles. The smallest absolute Gasteiger partial charge is 0.293 e. The van der Waals surface area contributed by atoms with Crippen molar-refractivity contribution in [3.63, 3.8) is 0 Å². The molecule has 4 rings (SSSR count). The molecule has 0 radical (unpaired) electrons. The van der Waals surface area contributed by atoms with Crippen molar-refractivity contribution < 1.29 is 0 Å². The third-order valence-corrected chi connectivity index (χ3v) is 6.02. The maximum absolute atomic E-state index is 13.2. The van der Waals surface area contributed by atoms with E-state index in [0.717, 1.165) is 35.6 Å². The van der Waals surface area contributed by atoms with Crippen LogP contribution in [0.3, 0.4) is 0 Å². The number of anilines is 1. The Balaban J connectivity index is 1.46. The van der Waals surface area contributed by atoms with E-state index in [2.05, 4.69) is 63.1 Å². The van der Waals surface area contributed by atoms with Crippen molar-refractivity contribution in [1.29, 1.82) is 0 Å². The molecule has 0 bridgehead atoms. The van der Waals surface area contributed by atoms with Crippen molar-refractivity contribution >= 4 is 11.5 Å². The topological polar surface area (TPSA) is 76.2 Å². The fourth-order valence-electron chi connectivity index (χ4n) is 4.04. The predicted octanol–water partition coefficient (Wildman–Crippen LogP) is 4.25. The van der Waals surface area contributed by atoms with E-state index in [1.54, 1.807) is 10.8 Å². The van der Waals surface area contributed by atoms with Crippen molar-refractivity contribution in [2.75, 3.05) is 11.9 Å². The molecule has 2 N–H and O–H groups in total. The fraction of sp³-hybridized carbons (Fsp3) is 0.296. The Bertz CT molecular complexity index is 1340. The summed E-state index contributed by atoms with van der Waals surface area (Å²) < 4.78 is 3.86. The molecule has 0 unspecified atom stereocenters. The molecule has 3 aromatic heterocycles. The van der Waals surface area contributed by atoms with Crippen molar-refractivity contribution in [3.05, 3.63) is 106 Å². The largest absolute Gasteiger partial charge is 0.383 e. The van der Waals surface area contributed by atoms with E-state index in [9.17, 15) is 4.79 Å². The number of aromatic nitrogens is 4. The number of imidazole rings is 1. The molecule has 7 nitrogen and oxygen atoms in total. The Morgan fingerprint density at radius 3 is 2.71 bits per heavy atom. The molecule has 0 aliphatic heterocycles. The third-order valence-electron chi connectivity index (χ3n) is 6.02. The van der Waals surface area contributed by atoms with Crippen LogP contribution in [0.4, 0.5) is 5.82 Å². The highest BCUT2D eigenvalue weighted by molar-refractivity contribution is 5.43. The quantitative estimate of drug-likeness (QED) is 0.373. The summed E-state index contributed by atoms with van der Waals surface area (Å²) in [7, 11) is 0. The van der Waals surface area contributed by atoms with Crippen LogP contribution in [0.1, 0.15) is 35.9 Å². The van der Waals surface area contributed by atoms with Gasteiger partial charge in [-0.2, -0.15) is 0 Å². The summed E-state index contributed by atoms with van der Waals surface area (Å²) in [5.41, 5.74) is 6.25. The molecule has 0 aliphatic carbocycles. The first-order chi connectivity index (χ1) is 16.6. The summed E-state index contributed by atoms with van der Waals surface area (Å²) in [6.07, 6.45) is 9.39. The van der Waals surface area contributed by atoms with Crippen LogP contribution in [0.25, 0.3) is 5.65 Å². The van der Waals surface area contributed by atoms with Crippen LogP contribution >= 0.6 is 0 Å². The van der Waals surface area contributed by atoms with Gasteiger partial charge in [0, 0.05) is 48.8 Å². The van der Waals surface area contributed by atoms with Gasteiger partial charge in [0.05, 0.1) is 6.54 Å². The lowest BCUT2D eigenvalue weighted by atomic mass is 10.1. The zero-order chi connectivity index (χ0) is 23.9. The Morgan fingerprint density at radius 2 is 1.91 bits per heavy atom. The molecule has 34 heavy (non-hydrogen) atoms. The van der Waals surface area contributed by atoms with Gasteiger partial charge in [-0.25, -0.2) is 9.97 Å². The highest BCUT2D eigenvalue weighted by atomic mass is 16.1. The summed E-state index contributed by atoms with van der Waals surface area (Å²) in [5, 5.41) is 6.77. The summed E-state index contributed by atoms with van der Waals surface area (Å²) in [6, 6.07) is 14.4. The monoisotopic (exact) mass is 456 g/mol. The molecule has 0 saturated heterocycles. The molecule has 0 aliphatic rings. The van der Waals surface area contributed by atoms with Crippen molar-refractivity contribution in [2.24, 2.45) is 0 Å². The number of allylic oxidation sites excluding steroid dienone is 2. The molecule has 7 heteroatoms. The Labute approximate surface area is 200 Å². The SMILES string of the molecule is CC/C=C(\Cn1c(C)cnc(NCCc2ccccc2)c1=O)NCc1ccc2nccn2c1C. The van der Waals surface area contributed by atoms with E-state index in [1.807, 2.05) is 43.6 Å². The lowest BCUT2D eigenvalue weighted by Gasteiger charge is -2.17. The zero-order valence-electron chi connectivity index (χ0n) is 20.1. The number of pyridine rings is 1. The van der Waals surface area contributed by atoms with Crippen LogP contribution in [0.5, 0.6) is 0 Å². The second-order valence-corrected chi connectivity index (χ2v) is 8.39. The molecule has 0 fully saturated rings. The van der Waals surface area contributed by atoms with Gasteiger partial charge >= 0.3 is 0 Å². The van der Waals surface area contributed by atoms with Crippen LogP contribution in [-0.2, 0) is 19.5 Å². The van der Waals surface area contributed by atoms with Crippen LogP contribution in [0.2, 0.25) is 0 Å². The first-order valence-corrected chi connectivity index (χ1v) is 11.8. The summed E-state index contributed by atoms with van der Waals surface area (Å²) in [6.45, 7) is 7.92. The predicted molar refractivity (Wildman–Crippen MR) is 137 cm³/mol. The molecule has 0 spiro atoms. The number of hydrogen-bond acceptors (Lipinski definition) is 5. The Kier molecular flexibility index (Phi) is 7.42. The number of fused-ring (bicyclic) bond motifs is 1. The first kappa shape index (κ1) is 23.3. The lowest BCUT2D eigenvalue weighted by molar-refractivity contribution is 0.642. The zero-order valence-corrected chi connectivity index (χ0v) is 20.1. The van der Waals surface area contributed by atoms with E-state index in [0.29, 0.717) is 25.5 Å². The summed E-state index contributed by atoms with van der Waals surface area (Å²) in [5.74, 6) is 0.388. The van der Waals surface area contributed by atoms with Crippen molar-refractivity contribution in [1.82, 2.24) is 24.3 Å². The van der Waals surface area contributed by atoms with E-state index in [4.69, 9.17) is 0 Å². The van der Waals surface area contributed by atoms with E-state index >= 15 is 0 Å². The van der Waals surface area contributed by atoms with Gasteiger partial charge in [0.15, 0.2) is 5.82 Å². The van der Waals surface area contributed by atoms with Crippen LogP contribution < -0.4 is 16.2 Å². The highest BCUT2D eigenvalue weighted by Crippen LogP contribution is 2.13. The fourth-order valence-corrected chi connectivity index (χ4v) is 4.04. The average Bonchev–Trinajstić information content (AvgIpc) is 3.33. The van der Waals surface area contributed by atoms with Crippen LogP contribution in [0.15, 0.2) is 77.6 Å². The standard InChI is InChI=1S/C27H32N6O/c1-4-8-24(30-18-23-11-12-25-28-15-16-32(25)21(23)3)19-33-20(2)17-31-26(27(33)34)29-14-13-22-9-6-5-7-10-22/h5-12,15-17,30H,4,13-14,18-19H2,1-3H3,(H,29,31)/b24-8+. The molecule has 1 aromatic carbocycles. The summed E-state index contributed by atoms with van der Waals surface area (Å²) in [4.78, 5) is 21.9. The number of aryl methyl sites for hydroxylation is 2. The maximum Gasteiger partial charge on any atom is 0.293 e. The second-order valence-electron chi connectivity index (χ2n) is 8.39. The Hall–Kier alpha value is -3.87. The average molecular weight is 457 g/mol. The minimum Gasteiger partial charge on any atom is -0.383 e. The number of hydrogen-bond donors (Lipinski definition) is 2. The molecule has 0 atom stereocenters. The number of nitrogens with one attached hydrogen (secondary N) is 2. The lowest BCUT2D eigenvalue weighted by Crippen LogP contribution is -2.30. The van der Waals surface area contributed by atoms with Gasteiger partial charge in [-0.1, -0.05) is 49.4 Å². The molecule has 4 aromatic rings.